The number of rotatable bonds is 4. The molecule has 1 fully saturated rings. The summed E-state index contributed by atoms with van der Waals surface area (Å²) >= 11 is 6.13. The number of benzene rings is 1. The van der Waals surface area contributed by atoms with Crippen molar-refractivity contribution in [2.45, 2.75) is 19.0 Å². The molecule has 1 amide bonds. The van der Waals surface area contributed by atoms with E-state index in [1.807, 2.05) is 36.1 Å². The molecule has 2 unspecified atom stereocenters. The molecule has 21 heavy (non-hydrogen) atoms. The highest BCUT2D eigenvalue weighted by Crippen LogP contribution is 2.22. The molecule has 0 radical (unpaired) electrons. The van der Waals surface area contributed by atoms with Crippen molar-refractivity contribution >= 4 is 17.5 Å². The average Bonchev–Trinajstić information content (AvgIpc) is 2.48. The van der Waals surface area contributed by atoms with Gasteiger partial charge in [-0.2, -0.15) is 5.26 Å². The Morgan fingerprint density at radius 2 is 2.38 bits per heavy atom. The monoisotopic (exact) mass is 306 g/mol. The summed E-state index contributed by atoms with van der Waals surface area (Å²) < 4.78 is 0. The lowest BCUT2D eigenvalue weighted by Gasteiger charge is -2.31. The van der Waals surface area contributed by atoms with Gasteiger partial charge >= 0.3 is 0 Å². The third-order valence-electron chi connectivity index (χ3n) is 3.60. The van der Waals surface area contributed by atoms with Crippen LogP contribution >= 0.6 is 11.6 Å². The Hall–Kier alpha value is -1.61. The van der Waals surface area contributed by atoms with E-state index in [0.717, 1.165) is 12.1 Å². The molecule has 112 valence electrons. The van der Waals surface area contributed by atoms with Gasteiger partial charge in [0.25, 0.3) is 0 Å². The summed E-state index contributed by atoms with van der Waals surface area (Å²) in [7, 11) is 0. The van der Waals surface area contributed by atoms with Crippen molar-refractivity contribution < 1.29 is 4.79 Å². The predicted octanol–water partition coefficient (Wildman–Crippen LogP) is 1.31. The molecule has 0 spiro atoms. The molecule has 6 heteroatoms. The van der Waals surface area contributed by atoms with E-state index < -0.39 is 0 Å². The molecule has 0 aliphatic carbocycles. The molecule has 1 saturated heterocycles. The minimum atomic E-state index is -0.250. The number of hydrogen-bond donors (Lipinski definition) is 2. The quantitative estimate of drug-likeness (QED) is 0.880. The minimum Gasteiger partial charge on any atom is -0.348 e. The molecule has 1 aliphatic rings. The van der Waals surface area contributed by atoms with Gasteiger partial charge in [0, 0.05) is 24.7 Å². The van der Waals surface area contributed by atoms with Crippen LogP contribution in [-0.2, 0) is 4.79 Å². The number of carbonyl (C=O) groups is 1. The van der Waals surface area contributed by atoms with Crippen LogP contribution in [0.15, 0.2) is 24.3 Å². The SMILES string of the molecule is CC(NC(=O)CN1CCNCC1C#N)c1ccccc1Cl. The topological polar surface area (TPSA) is 68.2 Å². The van der Waals surface area contributed by atoms with E-state index in [-0.39, 0.29) is 24.5 Å². The maximum Gasteiger partial charge on any atom is 0.234 e. The Labute approximate surface area is 129 Å². The predicted molar refractivity (Wildman–Crippen MR) is 81.9 cm³/mol. The largest absolute Gasteiger partial charge is 0.348 e. The van der Waals surface area contributed by atoms with Crippen LogP contribution in [0.25, 0.3) is 0 Å². The molecular formula is C15H19ClN4O. The van der Waals surface area contributed by atoms with Crippen LogP contribution in [0.5, 0.6) is 0 Å². The van der Waals surface area contributed by atoms with Crippen molar-refractivity contribution in [1.29, 1.82) is 5.26 Å². The molecule has 1 aromatic rings. The zero-order valence-electron chi connectivity index (χ0n) is 12.0. The summed E-state index contributed by atoms with van der Waals surface area (Å²) in [6.07, 6.45) is 0. The number of halogens is 1. The Balaban J connectivity index is 1.92. The van der Waals surface area contributed by atoms with Gasteiger partial charge in [-0.3, -0.25) is 9.69 Å². The second-order valence-electron chi connectivity index (χ2n) is 5.13. The summed E-state index contributed by atoms with van der Waals surface area (Å²) in [4.78, 5) is 14.0. The maximum atomic E-state index is 12.1. The summed E-state index contributed by atoms with van der Waals surface area (Å²) in [5.74, 6) is -0.0930. The number of nitriles is 1. The Bertz CT molecular complexity index is 543. The average molecular weight is 307 g/mol. The zero-order valence-corrected chi connectivity index (χ0v) is 12.7. The fraction of sp³-hybridized carbons (Fsp3) is 0.467. The first-order chi connectivity index (χ1) is 10.1. The van der Waals surface area contributed by atoms with Crippen LogP contribution < -0.4 is 10.6 Å². The van der Waals surface area contributed by atoms with Gasteiger partial charge in [0.15, 0.2) is 0 Å². The van der Waals surface area contributed by atoms with E-state index in [4.69, 9.17) is 16.9 Å². The van der Waals surface area contributed by atoms with Crippen molar-refractivity contribution in [1.82, 2.24) is 15.5 Å². The summed E-state index contributed by atoms with van der Waals surface area (Å²) in [5.41, 5.74) is 0.893. The molecule has 0 bridgehead atoms. The van der Waals surface area contributed by atoms with Gasteiger partial charge in [-0.05, 0) is 18.6 Å². The van der Waals surface area contributed by atoms with Crippen LogP contribution in [0.4, 0.5) is 0 Å². The van der Waals surface area contributed by atoms with Crippen LogP contribution in [0.3, 0.4) is 0 Å². The van der Waals surface area contributed by atoms with Gasteiger partial charge in [-0.15, -0.1) is 0 Å². The van der Waals surface area contributed by atoms with Gasteiger partial charge in [0.1, 0.15) is 6.04 Å². The highest BCUT2D eigenvalue weighted by Gasteiger charge is 2.24. The summed E-state index contributed by atoms with van der Waals surface area (Å²) in [5, 5.41) is 15.8. The van der Waals surface area contributed by atoms with Gasteiger partial charge in [-0.25, -0.2) is 0 Å². The first kappa shape index (κ1) is 15.8. The number of amides is 1. The first-order valence-corrected chi connectivity index (χ1v) is 7.37. The van der Waals surface area contributed by atoms with Crippen molar-refractivity contribution in [3.05, 3.63) is 34.9 Å². The van der Waals surface area contributed by atoms with E-state index in [2.05, 4.69) is 16.7 Å². The Morgan fingerprint density at radius 1 is 1.62 bits per heavy atom. The highest BCUT2D eigenvalue weighted by molar-refractivity contribution is 6.31. The van der Waals surface area contributed by atoms with Crippen LogP contribution in [-0.4, -0.2) is 43.0 Å². The van der Waals surface area contributed by atoms with E-state index in [0.29, 0.717) is 18.1 Å². The number of carbonyl (C=O) groups excluding carboxylic acids is 1. The molecule has 1 aliphatic heterocycles. The smallest absolute Gasteiger partial charge is 0.234 e. The highest BCUT2D eigenvalue weighted by atomic mass is 35.5. The van der Waals surface area contributed by atoms with Crippen LogP contribution in [0, 0.1) is 11.3 Å². The van der Waals surface area contributed by atoms with Crippen LogP contribution in [0.1, 0.15) is 18.5 Å². The molecule has 0 aromatic heterocycles. The minimum absolute atomic E-state index is 0.0930. The number of piperazine rings is 1. The normalized spacial score (nSPS) is 20.5. The molecule has 1 aromatic carbocycles. The molecule has 2 atom stereocenters. The Morgan fingerprint density at radius 3 is 3.10 bits per heavy atom. The lowest BCUT2D eigenvalue weighted by atomic mass is 10.1. The lowest BCUT2D eigenvalue weighted by molar-refractivity contribution is -0.123. The van der Waals surface area contributed by atoms with Crippen molar-refractivity contribution in [3.63, 3.8) is 0 Å². The van der Waals surface area contributed by atoms with Gasteiger partial charge < -0.3 is 10.6 Å². The molecule has 0 saturated carbocycles. The van der Waals surface area contributed by atoms with E-state index in [1.165, 1.54) is 0 Å². The fourth-order valence-electron chi connectivity index (χ4n) is 2.44. The molecule has 1 heterocycles. The van der Waals surface area contributed by atoms with Gasteiger partial charge in [-0.1, -0.05) is 29.8 Å². The zero-order chi connectivity index (χ0) is 15.2. The van der Waals surface area contributed by atoms with E-state index in [1.54, 1.807) is 0 Å². The van der Waals surface area contributed by atoms with E-state index >= 15 is 0 Å². The summed E-state index contributed by atoms with van der Waals surface area (Å²) in [6, 6.07) is 9.27. The van der Waals surface area contributed by atoms with E-state index in [9.17, 15) is 4.79 Å². The van der Waals surface area contributed by atoms with Crippen molar-refractivity contribution in [2.24, 2.45) is 0 Å². The molecule has 2 rings (SSSR count). The number of nitrogens with one attached hydrogen (secondary N) is 2. The van der Waals surface area contributed by atoms with Gasteiger partial charge in [0.2, 0.25) is 5.91 Å². The second kappa shape index (κ2) is 7.41. The first-order valence-electron chi connectivity index (χ1n) is 7.00. The third-order valence-corrected chi connectivity index (χ3v) is 3.94. The molecule has 2 N–H and O–H groups in total. The van der Waals surface area contributed by atoms with Crippen molar-refractivity contribution in [3.8, 4) is 6.07 Å². The molecular weight excluding hydrogens is 288 g/mol. The maximum absolute atomic E-state index is 12.1. The lowest BCUT2D eigenvalue weighted by Crippen LogP contribution is -2.53. The third kappa shape index (κ3) is 4.18. The second-order valence-corrected chi connectivity index (χ2v) is 5.54. The fourth-order valence-corrected chi connectivity index (χ4v) is 2.74. The summed E-state index contributed by atoms with van der Waals surface area (Å²) in [6.45, 7) is 4.23. The van der Waals surface area contributed by atoms with Crippen molar-refractivity contribution in [2.75, 3.05) is 26.2 Å². The molecule has 5 nitrogen and oxygen atoms in total. The number of nitrogens with zero attached hydrogens (tertiary/aromatic N) is 2. The Kier molecular flexibility index (Phi) is 5.57. The van der Waals surface area contributed by atoms with Crippen LogP contribution in [0.2, 0.25) is 5.02 Å². The standard InChI is InChI=1S/C15H19ClN4O/c1-11(13-4-2-3-5-14(13)16)19-15(21)10-20-7-6-18-9-12(20)8-17/h2-5,11-12,18H,6-7,9-10H2,1H3,(H,19,21). The number of hydrogen-bond acceptors (Lipinski definition) is 4. The van der Waals surface area contributed by atoms with Gasteiger partial charge in [0.05, 0.1) is 18.7 Å².